The zero-order valence-corrected chi connectivity index (χ0v) is 15.1. The number of amides is 1. The van der Waals surface area contributed by atoms with Crippen molar-refractivity contribution < 1.29 is 9.53 Å². The molecule has 0 aliphatic rings. The first-order valence-electron chi connectivity index (χ1n) is 8.74. The summed E-state index contributed by atoms with van der Waals surface area (Å²) >= 11 is 0. The van der Waals surface area contributed by atoms with Crippen molar-refractivity contribution in [1.29, 1.82) is 0 Å². The molecule has 1 heterocycles. The first kappa shape index (κ1) is 18.4. The lowest BCUT2D eigenvalue weighted by atomic mass is 10.1. The molecule has 3 rings (SSSR count). The molecular weight excluding hydrogens is 342 g/mol. The lowest BCUT2D eigenvalue weighted by molar-refractivity contribution is -0.116. The monoisotopic (exact) mass is 363 g/mol. The van der Waals surface area contributed by atoms with E-state index in [0.29, 0.717) is 24.4 Å². The second kappa shape index (κ2) is 8.80. The van der Waals surface area contributed by atoms with Gasteiger partial charge >= 0.3 is 0 Å². The summed E-state index contributed by atoms with van der Waals surface area (Å²) in [5, 5.41) is 7.23. The van der Waals surface area contributed by atoms with E-state index in [0.717, 1.165) is 11.3 Å². The third-order valence-corrected chi connectivity index (χ3v) is 4.09. The molecule has 0 spiro atoms. The Bertz CT molecular complexity index is 968. The van der Waals surface area contributed by atoms with Gasteiger partial charge in [0.15, 0.2) is 0 Å². The highest BCUT2D eigenvalue weighted by Crippen LogP contribution is 2.23. The molecule has 0 unspecified atom stereocenters. The topological polar surface area (TPSA) is 73.2 Å². The summed E-state index contributed by atoms with van der Waals surface area (Å²) in [7, 11) is 1.56. The van der Waals surface area contributed by atoms with Gasteiger partial charge in [0.25, 0.3) is 5.56 Å². The number of rotatable bonds is 7. The maximum absolute atomic E-state index is 12.2. The van der Waals surface area contributed by atoms with Gasteiger partial charge in [-0.2, -0.15) is 5.10 Å². The average molecular weight is 363 g/mol. The molecule has 0 bridgehead atoms. The number of nitrogens with one attached hydrogen (secondary N) is 1. The van der Waals surface area contributed by atoms with Crippen molar-refractivity contribution in [3.63, 3.8) is 0 Å². The van der Waals surface area contributed by atoms with Gasteiger partial charge in [-0.25, -0.2) is 4.68 Å². The molecule has 0 atom stereocenters. The van der Waals surface area contributed by atoms with Crippen LogP contribution >= 0.6 is 0 Å². The highest BCUT2D eigenvalue weighted by molar-refractivity contribution is 5.92. The van der Waals surface area contributed by atoms with Gasteiger partial charge in [0, 0.05) is 24.6 Å². The maximum Gasteiger partial charge on any atom is 0.266 e. The summed E-state index contributed by atoms with van der Waals surface area (Å²) in [4.78, 5) is 24.2. The molecule has 0 saturated carbocycles. The molecule has 1 N–H and O–H groups in total. The van der Waals surface area contributed by atoms with Crippen molar-refractivity contribution >= 4 is 11.6 Å². The standard InChI is InChI=1S/C21H21N3O3/c1-27-19-11-6-5-10-18(19)22-20(25)12-7-15-24-21(26)14-13-17(23-24)16-8-3-2-4-9-16/h2-6,8-11,13-14H,7,12,15H2,1H3,(H,22,25). The first-order valence-corrected chi connectivity index (χ1v) is 8.74. The van der Waals surface area contributed by atoms with Crippen LogP contribution in [0.3, 0.4) is 0 Å². The molecule has 6 heteroatoms. The fourth-order valence-electron chi connectivity index (χ4n) is 2.72. The number of anilines is 1. The fourth-order valence-corrected chi connectivity index (χ4v) is 2.72. The zero-order chi connectivity index (χ0) is 19.1. The van der Waals surface area contributed by atoms with Gasteiger partial charge in [-0.15, -0.1) is 0 Å². The SMILES string of the molecule is COc1ccccc1NC(=O)CCCn1nc(-c2ccccc2)ccc1=O. The van der Waals surface area contributed by atoms with Gasteiger partial charge in [0.2, 0.25) is 5.91 Å². The Labute approximate surface area is 157 Å². The van der Waals surface area contributed by atoms with Crippen molar-refractivity contribution in [3.8, 4) is 17.0 Å². The van der Waals surface area contributed by atoms with Crippen molar-refractivity contribution in [1.82, 2.24) is 9.78 Å². The molecule has 27 heavy (non-hydrogen) atoms. The highest BCUT2D eigenvalue weighted by Gasteiger charge is 2.08. The van der Waals surface area contributed by atoms with E-state index in [1.54, 1.807) is 25.3 Å². The largest absolute Gasteiger partial charge is 0.495 e. The van der Waals surface area contributed by atoms with E-state index in [-0.39, 0.29) is 17.9 Å². The number of aromatic nitrogens is 2. The van der Waals surface area contributed by atoms with E-state index >= 15 is 0 Å². The predicted octanol–water partition coefficient (Wildman–Crippen LogP) is 3.34. The number of ether oxygens (including phenoxy) is 1. The number of hydrogen-bond donors (Lipinski definition) is 1. The maximum atomic E-state index is 12.2. The van der Waals surface area contributed by atoms with Gasteiger partial charge in [0.05, 0.1) is 18.5 Å². The third kappa shape index (κ3) is 4.82. The number of carbonyl (C=O) groups is 1. The van der Waals surface area contributed by atoms with Gasteiger partial charge in [-0.3, -0.25) is 9.59 Å². The number of nitrogens with zero attached hydrogens (tertiary/aromatic N) is 2. The van der Waals surface area contributed by atoms with Gasteiger partial charge in [0.1, 0.15) is 5.75 Å². The van der Waals surface area contributed by atoms with E-state index in [1.807, 2.05) is 42.5 Å². The van der Waals surface area contributed by atoms with Crippen LogP contribution in [0.15, 0.2) is 71.5 Å². The molecule has 1 amide bonds. The third-order valence-electron chi connectivity index (χ3n) is 4.09. The first-order chi connectivity index (χ1) is 13.2. The molecule has 138 valence electrons. The minimum Gasteiger partial charge on any atom is -0.495 e. The predicted molar refractivity (Wildman–Crippen MR) is 105 cm³/mol. The minimum atomic E-state index is -0.181. The molecule has 1 aromatic heterocycles. The van der Waals surface area contributed by atoms with E-state index in [1.165, 1.54) is 10.7 Å². The molecule has 2 aromatic carbocycles. The second-order valence-electron chi connectivity index (χ2n) is 6.00. The van der Waals surface area contributed by atoms with Crippen LogP contribution in [0, 0.1) is 0 Å². The van der Waals surface area contributed by atoms with Crippen LogP contribution in [0.25, 0.3) is 11.3 Å². The number of aryl methyl sites for hydroxylation is 1. The van der Waals surface area contributed by atoms with Crippen molar-refractivity contribution in [2.75, 3.05) is 12.4 Å². The molecule has 0 saturated heterocycles. The summed E-state index contributed by atoms with van der Waals surface area (Å²) in [6.45, 7) is 0.374. The molecule has 3 aromatic rings. The molecule has 0 radical (unpaired) electrons. The lowest BCUT2D eigenvalue weighted by Crippen LogP contribution is -2.23. The normalized spacial score (nSPS) is 10.4. The number of para-hydroxylation sites is 2. The van der Waals surface area contributed by atoms with Crippen LogP contribution in [0.1, 0.15) is 12.8 Å². The Kier molecular flexibility index (Phi) is 5.99. The quantitative estimate of drug-likeness (QED) is 0.699. The lowest BCUT2D eigenvalue weighted by Gasteiger charge is -2.10. The van der Waals surface area contributed by atoms with Crippen molar-refractivity contribution in [2.45, 2.75) is 19.4 Å². The second-order valence-corrected chi connectivity index (χ2v) is 6.00. The van der Waals surface area contributed by atoms with Gasteiger partial charge < -0.3 is 10.1 Å². The smallest absolute Gasteiger partial charge is 0.266 e. The summed E-state index contributed by atoms with van der Waals surface area (Å²) < 4.78 is 6.62. The van der Waals surface area contributed by atoms with Crippen LogP contribution in [0.2, 0.25) is 0 Å². The van der Waals surface area contributed by atoms with Crippen LogP contribution in [-0.2, 0) is 11.3 Å². The molecular formula is C21H21N3O3. The molecule has 0 aliphatic carbocycles. The Hall–Kier alpha value is -3.41. The fraction of sp³-hybridized carbons (Fsp3) is 0.190. The summed E-state index contributed by atoms with van der Waals surface area (Å²) in [5.41, 5.74) is 2.13. The van der Waals surface area contributed by atoms with Crippen molar-refractivity contribution in [2.24, 2.45) is 0 Å². The Morgan fingerprint density at radius 1 is 1.04 bits per heavy atom. The minimum absolute atomic E-state index is 0.133. The Morgan fingerprint density at radius 2 is 1.78 bits per heavy atom. The van der Waals surface area contributed by atoms with E-state index in [2.05, 4.69) is 10.4 Å². The molecule has 0 fully saturated rings. The summed E-state index contributed by atoms with van der Waals surface area (Å²) in [6.07, 6.45) is 0.786. The van der Waals surface area contributed by atoms with Crippen LogP contribution < -0.4 is 15.6 Å². The Balaban J connectivity index is 1.60. The number of methoxy groups -OCH3 is 1. The van der Waals surface area contributed by atoms with Crippen LogP contribution in [0.5, 0.6) is 5.75 Å². The van der Waals surface area contributed by atoms with E-state index in [9.17, 15) is 9.59 Å². The van der Waals surface area contributed by atoms with Crippen molar-refractivity contribution in [3.05, 3.63) is 77.1 Å². The Morgan fingerprint density at radius 3 is 2.56 bits per heavy atom. The zero-order valence-electron chi connectivity index (χ0n) is 15.1. The average Bonchev–Trinajstić information content (AvgIpc) is 2.70. The summed E-state index contributed by atoms with van der Waals surface area (Å²) in [5.74, 6) is 0.478. The highest BCUT2D eigenvalue weighted by atomic mass is 16.5. The number of benzene rings is 2. The van der Waals surface area contributed by atoms with Crippen LogP contribution in [0.4, 0.5) is 5.69 Å². The number of carbonyl (C=O) groups excluding carboxylic acids is 1. The van der Waals surface area contributed by atoms with Crippen LogP contribution in [-0.4, -0.2) is 22.8 Å². The molecule has 0 aliphatic heterocycles. The summed E-state index contributed by atoms with van der Waals surface area (Å²) in [6, 6.07) is 20.1. The number of hydrogen-bond acceptors (Lipinski definition) is 4. The van der Waals surface area contributed by atoms with Gasteiger partial charge in [-0.1, -0.05) is 42.5 Å². The van der Waals surface area contributed by atoms with E-state index in [4.69, 9.17) is 4.74 Å². The molecule has 6 nitrogen and oxygen atoms in total. The van der Waals surface area contributed by atoms with Gasteiger partial charge in [-0.05, 0) is 24.6 Å². The van der Waals surface area contributed by atoms with E-state index < -0.39 is 0 Å².